The molecular weight excluding hydrogens is 229 g/mol. The van der Waals surface area contributed by atoms with E-state index in [9.17, 15) is 14.7 Å². The van der Waals surface area contributed by atoms with Crippen molar-refractivity contribution in [1.29, 1.82) is 0 Å². The number of nitrogens with two attached hydrogens (primary N) is 1. The summed E-state index contributed by atoms with van der Waals surface area (Å²) in [6.45, 7) is 1.30. The summed E-state index contributed by atoms with van der Waals surface area (Å²) in [6.07, 6.45) is 0. The van der Waals surface area contributed by atoms with E-state index in [-0.39, 0.29) is 5.32 Å². The Morgan fingerprint density at radius 1 is 1.67 bits per heavy atom. The van der Waals surface area contributed by atoms with Gasteiger partial charge >= 0.3 is 73.9 Å². The first-order chi connectivity index (χ1) is 5.27. The van der Waals surface area contributed by atoms with Crippen molar-refractivity contribution in [3.05, 3.63) is 0 Å². The van der Waals surface area contributed by atoms with Crippen LogP contribution in [0.5, 0.6) is 0 Å². The Balaban J connectivity index is 4.24. The summed E-state index contributed by atoms with van der Waals surface area (Å²) in [4.78, 5) is 19.6. The molecular formula is C6H11NO4Se. The molecule has 0 amide bonds. The van der Waals surface area contributed by atoms with Crippen LogP contribution in [0.1, 0.15) is 6.92 Å². The van der Waals surface area contributed by atoms with E-state index in [2.05, 4.69) is 0 Å². The first-order valence-electron chi connectivity index (χ1n) is 3.13. The van der Waals surface area contributed by atoms with Crippen LogP contribution >= 0.6 is 0 Å². The number of aliphatic carboxylic acids is 1. The van der Waals surface area contributed by atoms with Crippen LogP contribution in [0, 0.1) is 0 Å². The summed E-state index contributed by atoms with van der Waals surface area (Å²) in [6, 6.07) is 0. The van der Waals surface area contributed by atoms with Crippen molar-refractivity contribution in [2.75, 3.05) is 0 Å². The summed E-state index contributed by atoms with van der Waals surface area (Å²) in [5.41, 5.74) is 3.89. The molecule has 3 N–H and O–H groups in total. The predicted molar refractivity (Wildman–Crippen MR) is 42.0 cm³/mol. The average molecular weight is 240 g/mol. The van der Waals surface area contributed by atoms with Crippen LogP contribution in [0.3, 0.4) is 0 Å². The first-order valence-corrected chi connectivity index (χ1v) is 6.91. The van der Waals surface area contributed by atoms with Gasteiger partial charge in [0.25, 0.3) is 0 Å². The molecule has 6 heteroatoms. The molecule has 0 spiro atoms. The zero-order valence-corrected chi connectivity index (χ0v) is 8.58. The van der Waals surface area contributed by atoms with Gasteiger partial charge in [0, 0.05) is 0 Å². The topological polar surface area (TPSA) is 103 Å². The van der Waals surface area contributed by atoms with E-state index in [1.807, 2.05) is 0 Å². The fraction of sp³-hybridized carbons (Fsp3) is 0.667. The van der Waals surface area contributed by atoms with Gasteiger partial charge in [-0.25, -0.2) is 0 Å². The van der Waals surface area contributed by atoms with Gasteiger partial charge in [-0.15, -0.1) is 0 Å². The van der Waals surface area contributed by atoms with Gasteiger partial charge in [0.15, 0.2) is 0 Å². The summed E-state index contributed by atoms with van der Waals surface area (Å²) >= 11 is -2.03. The van der Waals surface area contributed by atoms with Crippen LogP contribution in [0.2, 0.25) is 11.1 Å². The molecule has 1 unspecified atom stereocenters. The van der Waals surface area contributed by atoms with Gasteiger partial charge in [0.1, 0.15) is 0 Å². The molecule has 0 fully saturated rings. The quantitative estimate of drug-likeness (QED) is 0.603. The fourth-order valence-corrected chi connectivity index (χ4v) is 2.96. The second kappa shape index (κ2) is 3.89. The van der Waals surface area contributed by atoms with Gasteiger partial charge in [-0.2, -0.15) is 0 Å². The molecule has 5 nitrogen and oxygen atoms in total. The number of carboxylic acids is 1. The van der Waals surface area contributed by atoms with Gasteiger partial charge in [-0.05, 0) is 0 Å². The number of hydrogen-bond acceptors (Lipinski definition) is 4. The Kier molecular flexibility index (Phi) is 3.70. The monoisotopic (exact) mass is 241 g/mol. The zero-order chi connectivity index (χ0) is 9.94. The molecule has 12 heavy (non-hydrogen) atoms. The molecule has 0 aliphatic rings. The second-order valence-corrected chi connectivity index (χ2v) is 6.73. The zero-order valence-electron chi connectivity index (χ0n) is 6.86. The minimum absolute atomic E-state index is 0.00926. The van der Waals surface area contributed by atoms with E-state index >= 15 is 0 Å². The summed E-state index contributed by atoms with van der Waals surface area (Å²) in [5, 5.41) is 18.8. The van der Waals surface area contributed by atoms with Gasteiger partial charge in [0.05, 0.1) is 0 Å². The molecule has 0 aliphatic carbocycles. The van der Waals surface area contributed by atoms with Crippen LogP contribution in [-0.4, -0.2) is 35.4 Å². The molecule has 0 aromatic heterocycles. The Morgan fingerprint density at radius 2 is 2.08 bits per heavy atom. The van der Waals surface area contributed by atoms with Crippen molar-refractivity contribution in [2.24, 2.45) is 5.73 Å². The Bertz CT molecular complexity index is 204. The second-order valence-electron chi connectivity index (χ2n) is 2.75. The molecule has 2 atom stereocenters. The molecule has 0 saturated heterocycles. The van der Waals surface area contributed by atoms with Crippen LogP contribution < -0.4 is 10.8 Å². The van der Waals surface area contributed by atoms with Crippen molar-refractivity contribution in [3.63, 3.8) is 0 Å². The Hall–Kier alpha value is -0.581. The van der Waals surface area contributed by atoms with Crippen molar-refractivity contribution in [3.8, 4) is 0 Å². The maximum absolute atomic E-state index is 10.5. The molecule has 0 saturated carbocycles. The van der Waals surface area contributed by atoms with E-state index in [1.165, 1.54) is 12.7 Å². The van der Waals surface area contributed by atoms with Gasteiger partial charge in [-0.1, -0.05) is 0 Å². The van der Waals surface area contributed by atoms with Crippen LogP contribution in [0.15, 0.2) is 0 Å². The molecule has 0 heterocycles. The molecule has 70 valence electrons. The molecule has 0 bridgehead atoms. The summed E-state index contributed by atoms with van der Waals surface area (Å²) in [7, 11) is 0. The van der Waals surface area contributed by atoms with E-state index in [0.717, 1.165) is 0 Å². The van der Waals surface area contributed by atoms with E-state index in [1.54, 1.807) is 0 Å². The van der Waals surface area contributed by atoms with Crippen LogP contribution in [-0.2, 0) is 4.79 Å². The van der Waals surface area contributed by atoms with E-state index in [0.29, 0.717) is 0 Å². The normalized spacial score (nSPS) is 17.9. The summed E-state index contributed by atoms with van der Waals surface area (Å²) in [5.74, 6) is 0.308. The third-order valence-electron chi connectivity index (χ3n) is 1.29. The minimum atomic E-state index is -2.03. The maximum atomic E-state index is 10.5. The number of carbonyl (C=O) groups excluding carboxylic acids is 1. The van der Waals surface area contributed by atoms with Crippen molar-refractivity contribution >= 4 is 24.7 Å². The number of hydrogen-bond donors (Lipinski definition) is 2. The third-order valence-corrected chi connectivity index (χ3v) is 4.65. The molecule has 0 radical (unpaired) electrons. The first kappa shape index (κ1) is 11.4. The van der Waals surface area contributed by atoms with Crippen molar-refractivity contribution in [2.45, 2.75) is 23.6 Å². The molecule has 0 aromatic rings. The van der Waals surface area contributed by atoms with Crippen LogP contribution in [0.25, 0.3) is 0 Å². The van der Waals surface area contributed by atoms with Gasteiger partial charge in [0.2, 0.25) is 0 Å². The predicted octanol–water partition coefficient (Wildman–Crippen LogP) is -1.16. The number of carbonyl (C=O) groups is 2. The van der Waals surface area contributed by atoms with Crippen LogP contribution in [0.4, 0.5) is 4.79 Å². The Morgan fingerprint density at radius 3 is 2.33 bits per heavy atom. The van der Waals surface area contributed by atoms with E-state index < -0.39 is 30.3 Å². The fourth-order valence-electron chi connectivity index (χ4n) is 0.570. The molecule has 0 rings (SSSR count). The number of rotatable bonds is 4. The van der Waals surface area contributed by atoms with Crippen molar-refractivity contribution < 1.29 is 19.8 Å². The molecule has 0 aromatic carbocycles. The van der Waals surface area contributed by atoms with Gasteiger partial charge < -0.3 is 0 Å². The molecule has 0 aliphatic heterocycles. The Labute approximate surface area is 74.4 Å². The standard InChI is InChI=1S/C6H11NO4Se/c1-6(7,4(8)9)3-12(2)5(10)11/h3,7H2,1-2H3,(H-,8,9,10,11)/t6-,12?/m0/s1. The van der Waals surface area contributed by atoms with Gasteiger partial charge in [-0.3, -0.25) is 0 Å². The number of carboxylic acid groups (broad SMARTS) is 2. The van der Waals surface area contributed by atoms with Crippen molar-refractivity contribution in [1.82, 2.24) is 0 Å². The van der Waals surface area contributed by atoms with E-state index in [4.69, 9.17) is 10.8 Å². The third kappa shape index (κ3) is 3.21. The SMILES string of the molecule is C[Se+](C[C@](C)(N)C(=O)O)C(=O)[O-]. The average Bonchev–Trinajstić information content (AvgIpc) is 1.85. The summed E-state index contributed by atoms with van der Waals surface area (Å²) < 4.78 is 0.